The fraction of sp³-hybridized carbons (Fsp3) is 0.857. The molecule has 5 nitrogen and oxygen atoms in total. The molecule has 3 heterocycles. The quantitative estimate of drug-likeness (QED) is 0.808. The van der Waals surface area contributed by atoms with E-state index in [-0.39, 0.29) is 23.9 Å². The first-order valence-electron chi connectivity index (χ1n) is 7.53. The second-order valence-electron chi connectivity index (χ2n) is 6.04. The largest absolute Gasteiger partial charge is 0.481 e. The molecular formula is C14H22N2O3S. The van der Waals surface area contributed by atoms with E-state index in [1.165, 1.54) is 0 Å². The van der Waals surface area contributed by atoms with Gasteiger partial charge in [-0.15, -0.1) is 11.8 Å². The van der Waals surface area contributed by atoms with Crippen molar-refractivity contribution in [3.8, 4) is 0 Å². The van der Waals surface area contributed by atoms with Crippen LogP contribution in [0.3, 0.4) is 0 Å². The van der Waals surface area contributed by atoms with Crippen LogP contribution in [0.5, 0.6) is 0 Å². The molecule has 0 saturated carbocycles. The van der Waals surface area contributed by atoms with Crippen LogP contribution in [0.2, 0.25) is 0 Å². The molecule has 20 heavy (non-hydrogen) atoms. The average Bonchev–Trinajstić information content (AvgIpc) is 3.03. The Balaban J connectivity index is 1.54. The summed E-state index contributed by atoms with van der Waals surface area (Å²) in [5.74, 6) is -0.392. The number of thioether (sulfide) groups is 1. The highest BCUT2D eigenvalue weighted by molar-refractivity contribution is 8.00. The summed E-state index contributed by atoms with van der Waals surface area (Å²) in [5.41, 5.74) is 0. The number of rotatable bonds is 4. The summed E-state index contributed by atoms with van der Waals surface area (Å²) in [4.78, 5) is 25.5. The van der Waals surface area contributed by atoms with Gasteiger partial charge in [-0.2, -0.15) is 0 Å². The highest BCUT2D eigenvalue weighted by Crippen LogP contribution is 2.42. The van der Waals surface area contributed by atoms with E-state index in [9.17, 15) is 14.7 Å². The average molecular weight is 298 g/mol. The van der Waals surface area contributed by atoms with Gasteiger partial charge in [0.05, 0.1) is 11.7 Å². The zero-order chi connectivity index (χ0) is 14.1. The zero-order valence-electron chi connectivity index (χ0n) is 11.6. The number of carbonyl (C=O) groups excluding carboxylic acids is 1. The molecule has 3 fully saturated rings. The van der Waals surface area contributed by atoms with Crippen molar-refractivity contribution in [3.63, 3.8) is 0 Å². The summed E-state index contributed by atoms with van der Waals surface area (Å²) in [5, 5.41) is 13.1. The van der Waals surface area contributed by atoms with Gasteiger partial charge in [0.1, 0.15) is 0 Å². The van der Waals surface area contributed by atoms with Gasteiger partial charge in [0.2, 0.25) is 5.91 Å². The van der Waals surface area contributed by atoms with Crippen molar-refractivity contribution >= 4 is 23.6 Å². The molecule has 3 unspecified atom stereocenters. The molecule has 0 spiro atoms. The molecule has 3 atom stereocenters. The number of aliphatic carboxylic acids is 1. The van der Waals surface area contributed by atoms with Crippen LogP contribution in [-0.2, 0) is 9.59 Å². The van der Waals surface area contributed by atoms with Gasteiger partial charge in [0.15, 0.2) is 0 Å². The topological polar surface area (TPSA) is 69.6 Å². The highest BCUT2D eigenvalue weighted by atomic mass is 32.2. The van der Waals surface area contributed by atoms with Gasteiger partial charge >= 0.3 is 5.97 Å². The normalized spacial score (nSPS) is 33.6. The third-order valence-corrected chi connectivity index (χ3v) is 6.23. The van der Waals surface area contributed by atoms with E-state index in [2.05, 4.69) is 5.32 Å². The van der Waals surface area contributed by atoms with Crippen molar-refractivity contribution in [1.82, 2.24) is 10.2 Å². The smallest absolute Gasteiger partial charge is 0.308 e. The van der Waals surface area contributed by atoms with Crippen LogP contribution in [0.4, 0.5) is 0 Å². The fourth-order valence-corrected chi connectivity index (χ4v) is 4.96. The number of fused-ring (bicyclic) bond motifs is 2. The number of amides is 1. The van der Waals surface area contributed by atoms with Crippen molar-refractivity contribution < 1.29 is 14.7 Å². The van der Waals surface area contributed by atoms with E-state index in [1.54, 1.807) is 11.8 Å². The maximum absolute atomic E-state index is 12.4. The summed E-state index contributed by atoms with van der Waals surface area (Å²) in [6.07, 6.45) is 4.76. The molecular weight excluding hydrogens is 276 g/mol. The van der Waals surface area contributed by atoms with Crippen LogP contribution in [0.15, 0.2) is 0 Å². The molecule has 6 heteroatoms. The predicted octanol–water partition coefficient (Wildman–Crippen LogP) is 0.936. The maximum atomic E-state index is 12.4. The SMILES string of the molecule is O=C(O)C1CC2CCC1N2C(=O)CSC1CCNCC1. The van der Waals surface area contributed by atoms with Gasteiger partial charge in [-0.05, 0) is 45.2 Å². The lowest BCUT2D eigenvalue weighted by atomic mass is 9.89. The van der Waals surface area contributed by atoms with Crippen LogP contribution < -0.4 is 5.32 Å². The highest BCUT2D eigenvalue weighted by Gasteiger charge is 2.51. The van der Waals surface area contributed by atoms with Crippen molar-refractivity contribution in [3.05, 3.63) is 0 Å². The van der Waals surface area contributed by atoms with Gasteiger partial charge in [-0.3, -0.25) is 9.59 Å². The van der Waals surface area contributed by atoms with Crippen LogP contribution in [0.25, 0.3) is 0 Å². The van der Waals surface area contributed by atoms with Crippen LogP contribution in [-0.4, -0.2) is 58.1 Å². The standard InChI is InChI=1S/C14H22N2O3S/c17-13(8-20-10-3-5-15-6-4-10)16-9-1-2-12(16)11(7-9)14(18)19/h9-12,15H,1-8H2,(H,18,19). The second kappa shape index (κ2) is 5.93. The molecule has 3 aliphatic heterocycles. The molecule has 1 amide bonds. The van der Waals surface area contributed by atoms with Gasteiger partial charge in [0, 0.05) is 17.3 Å². The number of nitrogens with zero attached hydrogens (tertiary/aromatic N) is 1. The van der Waals surface area contributed by atoms with Gasteiger partial charge < -0.3 is 15.3 Å². The molecule has 2 N–H and O–H groups in total. The Kier molecular flexibility index (Phi) is 4.21. The Hall–Kier alpha value is -0.750. The summed E-state index contributed by atoms with van der Waals surface area (Å²) in [6.45, 7) is 2.09. The maximum Gasteiger partial charge on any atom is 0.308 e. The van der Waals surface area contributed by atoms with Crippen molar-refractivity contribution in [2.75, 3.05) is 18.8 Å². The third kappa shape index (κ3) is 2.68. The summed E-state index contributed by atoms with van der Waals surface area (Å²) >= 11 is 1.76. The van der Waals surface area contributed by atoms with Gasteiger partial charge in [0.25, 0.3) is 0 Å². The number of carboxylic acids is 1. The van der Waals surface area contributed by atoms with E-state index in [0.29, 0.717) is 17.4 Å². The number of hydrogen-bond acceptors (Lipinski definition) is 4. The molecule has 0 aromatic carbocycles. The number of nitrogens with one attached hydrogen (secondary N) is 1. The zero-order valence-corrected chi connectivity index (χ0v) is 12.4. The molecule has 0 aromatic heterocycles. The summed E-state index contributed by atoms with van der Waals surface area (Å²) < 4.78 is 0. The Morgan fingerprint density at radius 2 is 1.95 bits per heavy atom. The Labute approximate surface area is 123 Å². The van der Waals surface area contributed by atoms with Crippen molar-refractivity contribution in [2.24, 2.45) is 5.92 Å². The Morgan fingerprint density at radius 1 is 1.20 bits per heavy atom. The van der Waals surface area contributed by atoms with E-state index in [0.717, 1.165) is 38.8 Å². The van der Waals surface area contributed by atoms with Gasteiger partial charge in [-0.25, -0.2) is 0 Å². The lowest BCUT2D eigenvalue weighted by Crippen LogP contribution is -2.39. The number of carbonyl (C=O) groups is 2. The number of carboxylic acid groups (broad SMARTS) is 1. The van der Waals surface area contributed by atoms with Crippen molar-refractivity contribution in [2.45, 2.75) is 49.4 Å². The Morgan fingerprint density at radius 3 is 2.60 bits per heavy atom. The molecule has 0 aliphatic carbocycles. The first-order chi connectivity index (χ1) is 9.66. The third-order valence-electron chi connectivity index (χ3n) is 4.87. The second-order valence-corrected chi connectivity index (χ2v) is 7.33. The molecule has 3 aliphatic rings. The monoisotopic (exact) mass is 298 g/mol. The Bertz CT molecular complexity index is 398. The van der Waals surface area contributed by atoms with Crippen LogP contribution in [0.1, 0.15) is 32.1 Å². The molecule has 3 rings (SSSR count). The number of hydrogen-bond donors (Lipinski definition) is 2. The minimum absolute atomic E-state index is 0.0429. The van der Waals surface area contributed by atoms with E-state index in [1.807, 2.05) is 4.90 Å². The molecule has 0 aromatic rings. The van der Waals surface area contributed by atoms with Crippen LogP contribution >= 0.6 is 11.8 Å². The van der Waals surface area contributed by atoms with Crippen molar-refractivity contribution in [1.29, 1.82) is 0 Å². The van der Waals surface area contributed by atoms with E-state index in [4.69, 9.17) is 0 Å². The first-order valence-corrected chi connectivity index (χ1v) is 8.58. The summed E-state index contributed by atoms with van der Waals surface area (Å²) in [7, 11) is 0. The first kappa shape index (κ1) is 14.2. The minimum Gasteiger partial charge on any atom is -0.481 e. The fourth-order valence-electron chi connectivity index (χ4n) is 3.87. The summed E-state index contributed by atoms with van der Waals surface area (Å²) in [6, 6.07) is 0.140. The van der Waals surface area contributed by atoms with E-state index >= 15 is 0 Å². The lowest BCUT2D eigenvalue weighted by molar-refractivity contribution is -0.143. The van der Waals surface area contributed by atoms with Crippen LogP contribution in [0, 0.1) is 5.92 Å². The molecule has 112 valence electrons. The minimum atomic E-state index is -0.735. The van der Waals surface area contributed by atoms with Gasteiger partial charge in [-0.1, -0.05) is 0 Å². The molecule has 2 bridgehead atoms. The lowest BCUT2D eigenvalue weighted by Gasteiger charge is -2.26. The predicted molar refractivity (Wildman–Crippen MR) is 77.7 cm³/mol. The molecule has 3 saturated heterocycles. The number of piperidine rings is 1. The molecule has 0 radical (unpaired) electrons. The van der Waals surface area contributed by atoms with E-state index < -0.39 is 5.97 Å².